The summed E-state index contributed by atoms with van der Waals surface area (Å²) >= 11 is 6.11. The number of hydrogen-bond acceptors (Lipinski definition) is 2. The molecule has 0 atom stereocenters. The maximum atomic E-state index is 11.7. The van der Waals surface area contributed by atoms with E-state index in [9.17, 15) is 4.79 Å². The number of carbonyl (C=O) groups is 1. The van der Waals surface area contributed by atoms with E-state index >= 15 is 0 Å². The van der Waals surface area contributed by atoms with Crippen LogP contribution in [0.25, 0.3) is 0 Å². The third-order valence-corrected chi connectivity index (χ3v) is 3.35. The Bertz CT molecular complexity index is 602. The van der Waals surface area contributed by atoms with Crippen molar-refractivity contribution in [1.29, 1.82) is 0 Å². The van der Waals surface area contributed by atoms with Gasteiger partial charge in [-0.25, -0.2) is 4.79 Å². The Kier molecular flexibility index (Phi) is 5.46. The standard InChI is InChI=1S/C16H17ClN2O2/c1-21-14-8-7-13(15(17)9-14)11-19-16(20)18-10-12-5-3-2-4-6-12/h2-9H,10-11H2,1H3,(H2,18,19,20). The zero-order valence-corrected chi connectivity index (χ0v) is 12.5. The molecule has 0 saturated carbocycles. The van der Waals surface area contributed by atoms with Crippen LogP contribution in [0.5, 0.6) is 5.75 Å². The van der Waals surface area contributed by atoms with Crippen molar-refractivity contribution >= 4 is 17.6 Å². The predicted octanol–water partition coefficient (Wildman–Crippen LogP) is 3.35. The fraction of sp³-hybridized carbons (Fsp3) is 0.188. The second kappa shape index (κ2) is 7.55. The monoisotopic (exact) mass is 304 g/mol. The molecule has 0 aliphatic rings. The van der Waals surface area contributed by atoms with E-state index in [0.717, 1.165) is 11.1 Å². The van der Waals surface area contributed by atoms with Crippen LogP contribution in [-0.4, -0.2) is 13.1 Å². The molecule has 0 aromatic heterocycles. The van der Waals surface area contributed by atoms with Crippen LogP contribution in [0.3, 0.4) is 0 Å². The Morgan fingerprint density at radius 2 is 1.81 bits per heavy atom. The van der Waals surface area contributed by atoms with Crippen molar-refractivity contribution in [2.24, 2.45) is 0 Å². The number of benzene rings is 2. The molecule has 2 aromatic rings. The van der Waals surface area contributed by atoms with E-state index in [0.29, 0.717) is 23.9 Å². The van der Waals surface area contributed by atoms with Crippen molar-refractivity contribution in [2.75, 3.05) is 7.11 Å². The van der Waals surface area contributed by atoms with Crippen LogP contribution in [-0.2, 0) is 13.1 Å². The Labute approximate surface area is 129 Å². The van der Waals surface area contributed by atoms with Crippen LogP contribution in [0.2, 0.25) is 5.02 Å². The number of urea groups is 1. The Hall–Kier alpha value is -2.20. The number of hydrogen-bond donors (Lipinski definition) is 2. The van der Waals surface area contributed by atoms with E-state index in [1.807, 2.05) is 42.5 Å². The fourth-order valence-corrected chi connectivity index (χ4v) is 2.05. The lowest BCUT2D eigenvalue weighted by atomic mass is 10.2. The minimum absolute atomic E-state index is 0.231. The molecule has 21 heavy (non-hydrogen) atoms. The third-order valence-electron chi connectivity index (χ3n) is 3.00. The summed E-state index contributed by atoms with van der Waals surface area (Å²) in [6, 6.07) is 14.9. The highest BCUT2D eigenvalue weighted by molar-refractivity contribution is 6.31. The van der Waals surface area contributed by atoms with E-state index in [1.54, 1.807) is 13.2 Å². The molecule has 0 aliphatic heterocycles. The van der Waals surface area contributed by atoms with Gasteiger partial charge in [-0.1, -0.05) is 48.0 Å². The van der Waals surface area contributed by atoms with Gasteiger partial charge in [0.05, 0.1) is 7.11 Å². The molecule has 0 bridgehead atoms. The quantitative estimate of drug-likeness (QED) is 0.890. The molecule has 0 unspecified atom stereocenters. The molecule has 2 N–H and O–H groups in total. The maximum absolute atomic E-state index is 11.7. The number of rotatable bonds is 5. The second-order valence-corrected chi connectivity index (χ2v) is 4.89. The molecule has 0 spiro atoms. The lowest BCUT2D eigenvalue weighted by Crippen LogP contribution is -2.34. The van der Waals surface area contributed by atoms with E-state index in [-0.39, 0.29) is 6.03 Å². The lowest BCUT2D eigenvalue weighted by molar-refractivity contribution is 0.240. The van der Waals surface area contributed by atoms with Crippen molar-refractivity contribution in [3.8, 4) is 5.75 Å². The maximum Gasteiger partial charge on any atom is 0.315 e. The lowest BCUT2D eigenvalue weighted by Gasteiger charge is -2.10. The molecule has 0 aliphatic carbocycles. The van der Waals surface area contributed by atoms with Gasteiger partial charge in [0.25, 0.3) is 0 Å². The molecule has 0 fully saturated rings. The topological polar surface area (TPSA) is 50.4 Å². The summed E-state index contributed by atoms with van der Waals surface area (Å²) in [7, 11) is 1.58. The average Bonchev–Trinajstić information content (AvgIpc) is 2.52. The van der Waals surface area contributed by atoms with Gasteiger partial charge < -0.3 is 15.4 Å². The van der Waals surface area contributed by atoms with Crippen molar-refractivity contribution in [1.82, 2.24) is 10.6 Å². The van der Waals surface area contributed by atoms with E-state index in [4.69, 9.17) is 16.3 Å². The van der Waals surface area contributed by atoms with Crippen molar-refractivity contribution in [3.63, 3.8) is 0 Å². The summed E-state index contributed by atoms with van der Waals surface area (Å²) in [6.45, 7) is 0.854. The zero-order valence-electron chi connectivity index (χ0n) is 11.7. The van der Waals surface area contributed by atoms with Gasteiger partial charge in [-0.05, 0) is 23.3 Å². The first kappa shape index (κ1) is 15.2. The SMILES string of the molecule is COc1ccc(CNC(=O)NCc2ccccc2)c(Cl)c1. The molecule has 5 heteroatoms. The number of methoxy groups -OCH3 is 1. The number of carbonyl (C=O) groups excluding carboxylic acids is 1. The van der Waals surface area contributed by atoms with Crippen LogP contribution < -0.4 is 15.4 Å². The molecule has 2 rings (SSSR count). The predicted molar refractivity (Wildman–Crippen MR) is 83.5 cm³/mol. The van der Waals surface area contributed by atoms with Gasteiger partial charge in [0, 0.05) is 18.1 Å². The third kappa shape index (κ3) is 4.68. The van der Waals surface area contributed by atoms with Gasteiger partial charge in [0.2, 0.25) is 0 Å². The zero-order chi connectivity index (χ0) is 15.1. The highest BCUT2D eigenvalue weighted by Crippen LogP contribution is 2.22. The molecule has 4 nitrogen and oxygen atoms in total. The van der Waals surface area contributed by atoms with Gasteiger partial charge in [-0.3, -0.25) is 0 Å². The van der Waals surface area contributed by atoms with Gasteiger partial charge >= 0.3 is 6.03 Å². The van der Waals surface area contributed by atoms with Crippen LogP contribution >= 0.6 is 11.6 Å². The van der Waals surface area contributed by atoms with Gasteiger partial charge in [0.1, 0.15) is 5.75 Å². The second-order valence-electron chi connectivity index (χ2n) is 4.48. The molecular weight excluding hydrogens is 288 g/mol. The fourth-order valence-electron chi connectivity index (χ4n) is 1.81. The van der Waals surface area contributed by atoms with Crippen LogP contribution in [0.4, 0.5) is 4.79 Å². The molecule has 2 amide bonds. The van der Waals surface area contributed by atoms with Gasteiger partial charge in [-0.2, -0.15) is 0 Å². The highest BCUT2D eigenvalue weighted by atomic mass is 35.5. The number of halogens is 1. The van der Waals surface area contributed by atoms with Crippen LogP contribution in [0, 0.1) is 0 Å². The van der Waals surface area contributed by atoms with Gasteiger partial charge in [-0.15, -0.1) is 0 Å². The number of amides is 2. The first-order valence-electron chi connectivity index (χ1n) is 6.57. The summed E-state index contributed by atoms with van der Waals surface area (Å²) in [5.74, 6) is 0.692. The Morgan fingerprint density at radius 1 is 1.10 bits per heavy atom. The normalized spacial score (nSPS) is 10.0. The molecule has 0 heterocycles. The molecule has 0 radical (unpaired) electrons. The Balaban J connectivity index is 1.81. The van der Waals surface area contributed by atoms with Crippen LogP contribution in [0.1, 0.15) is 11.1 Å². The summed E-state index contributed by atoms with van der Waals surface area (Å²) in [5, 5.41) is 6.13. The average molecular weight is 305 g/mol. The van der Waals surface area contributed by atoms with Gasteiger partial charge in [0.15, 0.2) is 0 Å². The molecule has 2 aromatic carbocycles. The highest BCUT2D eigenvalue weighted by Gasteiger charge is 2.05. The van der Waals surface area contributed by atoms with Crippen molar-refractivity contribution in [2.45, 2.75) is 13.1 Å². The summed E-state index contributed by atoms with van der Waals surface area (Å²) in [6.07, 6.45) is 0. The van der Waals surface area contributed by atoms with E-state index in [2.05, 4.69) is 10.6 Å². The largest absolute Gasteiger partial charge is 0.497 e. The molecule has 0 saturated heterocycles. The number of ether oxygens (including phenoxy) is 1. The van der Waals surface area contributed by atoms with E-state index < -0.39 is 0 Å². The minimum Gasteiger partial charge on any atom is -0.497 e. The molecular formula is C16H17ClN2O2. The van der Waals surface area contributed by atoms with Crippen molar-refractivity contribution in [3.05, 3.63) is 64.7 Å². The number of nitrogens with one attached hydrogen (secondary N) is 2. The summed E-state index contributed by atoms with van der Waals surface area (Å²) in [5.41, 5.74) is 1.89. The smallest absolute Gasteiger partial charge is 0.315 e. The van der Waals surface area contributed by atoms with Crippen LogP contribution in [0.15, 0.2) is 48.5 Å². The van der Waals surface area contributed by atoms with Crippen molar-refractivity contribution < 1.29 is 9.53 Å². The minimum atomic E-state index is -0.231. The molecule has 110 valence electrons. The first-order valence-corrected chi connectivity index (χ1v) is 6.95. The summed E-state index contributed by atoms with van der Waals surface area (Å²) < 4.78 is 5.08. The summed E-state index contributed by atoms with van der Waals surface area (Å²) in [4.78, 5) is 11.7. The van der Waals surface area contributed by atoms with E-state index in [1.165, 1.54) is 0 Å². The Morgan fingerprint density at radius 3 is 2.48 bits per heavy atom. The first-order chi connectivity index (χ1) is 10.2.